The van der Waals surface area contributed by atoms with Crippen molar-refractivity contribution in [1.82, 2.24) is 10.2 Å². The summed E-state index contributed by atoms with van der Waals surface area (Å²) in [5.41, 5.74) is 0.415. The first kappa shape index (κ1) is 18.3. The molecule has 1 spiro atoms. The zero-order valence-electron chi connectivity index (χ0n) is 16.1. The third-order valence-corrected chi connectivity index (χ3v) is 6.43. The Morgan fingerprint density at radius 2 is 2.26 bits per heavy atom. The number of carbonyl (C=O) groups is 2. The Hall–Kier alpha value is -2.08. The fourth-order valence-corrected chi connectivity index (χ4v) is 5.10. The van der Waals surface area contributed by atoms with Gasteiger partial charge >= 0.3 is 0 Å². The first-order valence-corrected chi connectivity index (χ1v) is 9.94. The van der Waals surface area contributed by atoms with Crippen LogP contribution in [-0.4, -0.2) is 55.2 Å². The van der Waals surface area contributed by atoms with Gasteiger partial charge in [0.2, 0.25) is 5.91 Å². The molecular formula is C21H28N2O4. The van der Waals surface area contributed by atoms with Crippen LogP contribution in [0.2, 0.25) is 0 Å². The summed E-state index contributed by atoms with van der Waals surface area (Å²) in [6, 6.07) is 7.18. The average molecular weight is 372 g/mol. The molecule has 3 aliphatic heterocycles. The summed E-state index contributed by atoms with van der Waals surface area (Å²) in [4.78, 5) is 26.9. The van der Waals surface area contributed by atoms with Crippen LogP contribution in [0.4, 0.5) is 0 Å². The molecule has 1 aromatic carbocycles. The number of ether oxygens (including phenoxy) is 2. The van der Waals surface area contributed by atoms with Crippen molar-refractivity contribution >= 4 is 11.8 Å². The molecule has 1 N–H and O–H groups in total. The van der Waals surface area contributed by atoms with Gasteiger partial charge in [-0.1, -0.05) is 13.0 Å². The summed E-state index contributed by atoms with van der Waals surface area (Å²) in [7, 11) is 1.59. The first-order valence-electron chi connectivity index (χ1n) is 9.94. The SMILES string of the molecule is CCCC(=O)N1C[C@@H]2[C@H](CNC(=O)c3cccc(OC)c3)[C@H]3CC[C@]2(C1)O3. The van der Waals surface area contributed by atoms with Gasteiger partial charge in [0, 0.05) is 36.9 Å². The van der Waals surface area contributed by atoms with Crippen LogP contribution in [0.25, 0.3) is 0 Å². The van der Waals surface area contributed by atoms with Crippen LogP contribution in [0.5, 0.6) is 5.75 Å². The molecule has 4 atom stereocenters. The van der Waals surface area contributed by atoms with E-state index in [0.29, 0.717) is 36.7 Å². The van der Waals surface area contributed by atoms with E-state index < -0.39 is 0 Å². The minimum absolute atomic E-state index is 0.0948. The van der Waals surface area contributed by atoms with E-state index in [1.165, 1.54) is 0 Å². The number of amides is 2. The van der Waals surface area contributed by atoms with Crippen molar-refractivity contribution in [1.29, 1.82) is 0 Å². The molecule has 0 aliphatic carbocycles. The van der Waals surface area contributed by atoms with Gasteiger partial charge in [-0.2, -0.15) is 0 Å². The molecule has 3 saturated heterocycles. The first-order chi connectivity index (χ1) is 13.1. The molecule has 3 heterocycles. The number of rotatable bonds is 6. The second kappa shape index (κ2) is 7.15. The standard InChI is InChI=1S/C21H28N2O4/c1-3-5-19(24)23-12-17-16(18-8-9-21(17,13-23)27-18)11-22-20(25)14-6-4-7-15(10-14)26-2/h4,6-7,10,16-18H,3,5,8-9,11-13H2,1-2H3,(H,22,25)/t16-,17+,18+,21+/m0/s1. The highest BCUT2D eigenvalue weighted by molar-refractivity contribution is 5.94. The quantitative estimate of drug-likeness (QED) is 0.832. The maximum Gasteiger partial charge on any atom is 0.251 e. The predicted octanol–water partition coefficient (Wildman–Crippen LogP) is 2.23. The van der Waals surface area contributed by atoms with Gasteiger partial charge in [-0.25, -0.2) is 0 Å². The molecule has 3 aliphatic rings. The average Bonchev–Trinajstić information content (AvgIpc) is 3.35. The number of nitrogens with zero attached hydrogens (tertiary/aromatic N) is 1. The maximum absolute atomic E-state index is 12.6. The van der Waals surface area contributed by atoms with E-state index in [1.54, 1.807) is 19.2 Å². The van der Waals surface area contributed by atoms with E-state index in [1.807, 2.05) is 24.0 Å². The molecule has 1 aromatic rings. The highest BCUT2D eigenvalue weighted by Gasteiger charge is 2.63. The van der Waals surface area contributed by atoms with Crippen LogP contribution in [0.15, 0.2) is 24.3 Å². The van der Waals surface area contributed by atoms with Crippen LogP contribution in [-0.2, 0) is 9.53 Å². The maximum atomic E-state index is 12.6. The number of likely N-dealkylation sites (tertiary alicyclic amines) is 1. The number of benzene rings is 1. The Morgan fingerprint density at radius 1 is 1.41 bits per heavy atom. The van der Waals surface area contributed by atoms with Crippen molar-refractivity contribution in [3.63, 3.8) is 0 Å². The minimum atomic E-state index is -0.181. The summed E-state index contributed by atoms with van der Waals surface area (Å²) >= 11 is 0. The lowest BCUT2D eigenvalue weighted by Gasteiger charge is -2.29. The smallest absolute Gasteiger partial charge is 0.251 e. The van der Waals surface area contributed by atoms with Gasteiger partial charge < -0.3 is 19.7 Å². The third-order valence-electron chi connectivity index (χ3n) is 6.43. The fourth-order valence-electron chi connectivity index (χ4n) is 5.10. The van der Waals surface area contributed by atoms with Crippen molar-refractivity contribution < 1.29 is 19.1 Å². The lowest BCUT2D eigenvalue weighted by molar-refractivity contribution is -0.131. The van der Waals surface area contributed by atoms with Crippen molar-refractivity contribution in [2.75, 3.05) is 26.7 Å². The van der Waals surface area contributed by atoms with Gasteiger partial charge in [0.15, 0.2) is 0 Å². The number of hydrogen-bond donors (Lipinski definition) is 1. The topological polar surface area (TPSA) is 67.9 Å². The van der Waals surface area contributed by atoms with Gasteiger partial charge in [0.05, 0.1) is 25.4 Å². The third kappa shape index (κ3) is 3.20. The molecule has 0 aromatic heterocycles. The second-order valence-corrected chi connectivity index (χ2v) is 8.00. The summed E-state index contributed by atoms with van der Waals surface area (Å²) in [6.07, 6.45) is 3.72. The highest BCUT2D eigenvalue weighted by Crippen LogP contribution is 2.54. The number of carbonyl (C=O) groups excluding carboxylic acids is 2. The molecule has 2 amide bonds. The number of fused-ring (bicyclic) bond motifs is 1. The number of methoxy groups -OCH3 is 1. The van der Waals surface area contributed by atoms with E-state index in [9.17, 15) is 9.59 Å². The van der Waals surface area contributed by atoms with Gasteiger partial charge in [-0.3, -0.25) is 9.59 Å². The van der Waals surface area contributed by atoms with Crippen molar-refractivity contribution in [2.24, 2.45) is 11.8 Å². The summed E-state index contributed by atoms with van der Waals surface area (Å²) in [5.74, 6) is 1.40. The van der Waals surface area contributed by atoms with Crippen LogP contribution in [0.1, 0.15) is 43.0 Å². The largest absolute Gasteiger partial charge is 0.497 e. The Kier molecular flexibility index (Phi) is 4.84. The molecule has 0 saturated carbocycles. The lowest BCUT2D eigenvalue weighted by Crippen LogP contribution is -2.41. The minimum Gasteiger partial charge on any atom is -0.497 e. The Labute approximate surface area is 160 Å². The fraction of sp³-hybridized carbons (Fsp3) is 0.619. The molecule has 2 bridgehead atoms. The Morgan fingerprint density at radius 3 is 3.04 bits per heavy atom. The molecule has 3 fully saturated rings. The second-order valence-electron chi connectivity index (χ2n) is 8.00. The lowest BCUT2D eigenvalue weighted by atomic mass is 9.73. The van der Waals surface area contributed by atoms with Crippen LogP contribution in [0, 0.1) is 11.8 Å². The Balaban J connectivity index is 1.41. The summed E-state index contributed by atoms with van der Waals surface area (Å²) in [6.45, 7) is 4.09. The molecule has 4 rings (SSSR count). The summed E-state index contributed by atoms with van der Waals surface area (Å²) < 4.78 is 11.6. The van der Waals surface area contributed by atoms with Gasteiger partial charge in [-0.05, 0) is 37.5 Å². The molecule has 27 heavy (non-hydrogen) atoms. The van der Waals surface area contributed by atoms with Crippen molar-refractivity contribution in [3.05, 3.63) is 29.8 Å². The summed E-state index contributed by atoms with van der Waals surface area (Å²) in [5, 5.41) is 3.08. The van der Waals surface area contributed by atoms with Crippen molar-refractivity contribution in [3.8, 4) is 5.75 Å². The van der Waals surface area contributed by atoms with Crippen LogP contribution < -0.4 is 10.1 Å². The van der Waals surface area contributed by atoms with Gasteiger partial charge in [-0.15, -0.1) is 0 Å². The van der Waals surface area contributed by atoms with Crippen molar-refractivity contribution in [2.45, 2.75) is 44.3 Å². The molecule has 146 valence electrons. The Bertz CT molecular complexity index is 737. The molecule has 0 unspecified atom stereocenters. The highest BCUT2D eigenvalue weighted by atomic mass is 16.5. The van der Waals surface area contributed by atoms with Crippen LogP contribution in [0.3, 0.4) is 0 Å². The monoisotopic (exact) mass is 372 g/mol. The zero-order chi connectivity index (χ0) is 19.0. The number of hydrogen-bond acceptors (Lipinski definition) is 4. The molecular weight excluding hydrogens is 344 g/mol. The van der Waals surface area contributed by atoms with E-state index in [2.05, 4.69) is 5.32 Å². The normalized spacial score (nSPS) is 31.0. The van der Waals surface area contributed by atoms with E-state index in [0.717, 1.165) is 25.8 Å². The molecule has 6 nitrogen and oxygen atoms in total. The van der Waals surface area contributed by atoms with Gasteiger partial charge in [0.1, 0.15) is 5.75 Å². The van der Waals surface area contributed by atoms with E-state index in [-0.39, 0.29) is 29.4 Å². The predicted molar refractivity (Wildman–Crippen MR) is 101 cm³/mol. The van der Waals surface area contributed by atoms with E-state index in [4.69, 9.17) is 9.47 Å². The van der Waals surface area contributed by atoms with Gasteiger partial charge in [0.25, 0.3) is 5.91 Å². The molecule has 0 radical (unpaired) electrons. The zero-order valence-corrected chi connectivity index (χ0v) is 16.1. The molecule has 6 heteroatoms. The van der Waals surface area contributed by atoms with E-state index >= 15 is 0 Å². The van der Waals surface area contributed by atoms with Crippen LogP contribution >= 0.6 is 0 Å². The number of nitrogens with one attached hydrogen (secondary N) is 1.